The molecule has 0 aliphatic carbocycles. The highest BCUT2D eigenvalue weighted by Crippen LogP contribution is 2.10. The first-order chi connectivity index (χ1) is 7.11. The zero-order chi connectivity index (χ0) is 11.3. The Morgan fingerprint density at radius 2 is 2.07 bits per heavy atom. The summed E-state index contributed by atoms with van der Waals surface area (Å²) >= 11 is 0. The topological polar surface area (TPSA) is 29.3 Å². The van der Waals surface area contributed by atoms with Crippen LogP contribution in [0.1, 0.15) is 11.1 Å². The fraction of sp³-hybridized carbons (Fsp3) is 0.538. The molecule has 2 N–H and O–H groups in total. The van der Waals surface area contributed by atoms with Gasteiger partial charge in [-0.2, -0.15) is 0 Å². The van der Waals surface area contributed by atoms with Crippen LogP contribution in [0.25, 0.3) is 0 Å². The maximum absolute atomic E-state index is 5.78. The van der Waals surface area contributed by atoms with Crippen LogP contribution in [0.3, 0.4) is 0 Å². The number of hydrogen-bond acceptors (Lipinski definition) is 2. The molecule has 15 heavy (non-hydrogen) atoms. The van der Waals surface area contributed by atoms with E-state index in [1.165, 1.54) is 11.1 Å². The normalized spacial score (nSPS) is 13.1. The Labute approximate surface area is 93.1 Å². The summed E-state index contributed by atoms with van der Waals surface area (Å²) in [4.78, 5) is 2.20. The minimum Gasteiger partial charge on any atom is -0.330 e. The van der Waals surface area contributed by atoms with Crippen molar-refractivity contribution in [2.24, 2.45) is 11.7 Å². The Morgan fingerprint density at radius 3 is 2.60 bits per heavy atom. The molecule has 84 valence electrons. The Hall–Kier alpha value is -0.860. The summed E-state index contributed by atoms with van der Waals surface area (Å²) in [6, 6.07) is 8.68. The molecular formula is C13H22N2. The molecule has 0 aliphatic rings. The van der Waals surface area contributed by atoms with Gasteiger partial charge < -0.3 is 10.6 Å². The van der Waals surface area contributed by atoms with Crippen LogP contribution < -0.4 is 5.73 Å². The summed E-state index contributed by atoms with van der Waals surface area (Å²) < 4.78 is 0. The van der Waals surface area contributed by atoms with E-state index in [-0.39, 0.29) is 0 Å². The van der Waals surface area contributed by atoms with E-state index in [0.29, 0.717) is 5.92 Å². The molecule has 0 heterocycles. The van der Waals surface area contributed by atoms with Crippen LogP contribution in [0.15, 0.2) is 24.3 Å². The first-order valence-electron chi connectivity index (χ1n) is 5.52. The average Bonchev–Trinajstić information content (AvgIpc) is 2.16. The number of aryl methyl sites for hydroxylation is 1. The van der Waals surface area contributed by atoms with Crippen LogP contribution in [0, 0.1) is 12.8 Å². The predicted molar refractivity (Wildman–Crippen MR) is 66.0 cm³/mol. The Morgan fingerprint density at radius 1 is 1.33 bits per heavy atom. The molecule has 0 spiro atoms. The zero-order valence-electron chi connectivity index (χ0n) is 10.0. The monoisotopic (exact) mass is 206 g/mol. The van der Waals surface area contributed by atoms with E-state index in [1.807, 2.05) is 0 Å². The van der Waals surface area contributed by atoms with Gasteiger partial charge in [-0.3, -0.25) is 0 Å². The molecule has 1 aromatic rings. The Balaban J connectivity index is 2.58. The van der Waals surface area contributed by atoms with Gasteiger partial charge in [-0.25, -0.2) is 0 Å². The van der Waals surface area contributed by atoms with Crippen molar-refractivity contribution in [3.05, 3.63) is 35.4 Å². The van der Waals surface area contributed by atoms with Gasteiger partial charge in [-0.1, -0.05) is 29.8 Å². The maximum Gasteiger partial charge on any atom is 0.00188 e. The van der Waals surface area contributed by atoms with Crippen molar-refractivity contribution in [1.82, 2.24) is 4.90 Å². The van der Waals surface area contributed by atoms with Crippen molar-refractivity contribution in [1.29, 1.82) is 0 Å². The van der Waals surface area contributed by atoms with E-state index in [2.05, 4.69) is 50.2 Å². The minimum atomic E-state index is 0.557. The standard InChI is InChI=1S/C13H22N2/c1-11-5-4-6-12(7-11)8-13(9-14)10-15(2)3/h4-7,13H,8-10,14H2,1-3H3. The van der Waals surface area contributed by atoms with Gasteiger partial charge in [-0.15, -0.1) is 0 Å². The van der Waals surface area contributed by atoms with Crippen LogP contribution in [0.5, 0.6) is 0 Å². The van der Waals surface area contributed by atoms with E-state index in [1.54, 1.807) is 0 Å². The third-order valence-corrected chi connectivity index (χ3v) is 2.56. The second-order valence-corrected chi connectivity index (χ2v) is 4.56. The SMILES string of the molecule is Cc1cccc(CC(CN)CN(C)C)c1. The van der Waals surface area contributed by atoms with Crippen LogP contribution in [0.4, 0.5) is 0 Å². The van der Waals surface area contributed by atoms with Crippen molar-refractivity contribution in [2.75, 3.05) is 27.2 Å². The highest BCUT2D eigenvalue weighted by Gasteiger charge is 2.08. The Kier molecular flexibility index (Phi) is 4.79. The van der Waals surface area contributed by atoms with Gasteiger partial charge in [0, 0.05) is 6.54 Å². The van der Waals surface area contributed by atoms with Crippen LogP contribution in [-0.4, -0.2) is 32.1 Å². The quantitative estimate of drug-likeness (QED) is 0.794. The van der Waals surface area contributed by atoms with Crippen LogP contribution in [-0.2, 0) is 6.42 Å². The first kappa shape index (κ1) is 12.2. The van der Waals surface area contributed by atoms with Crippen LogP contribution in [0.2, 0.25) is 0 Å². The van der Waals surface area contributed by atoms with Gasteiger partial charge >= 0.3 is 0 Å². The molecule has 0 bridgehead atoms. The molecule has 1 rings (SSSR count). The number of benzene rings is 1. The van der Waals surface area contributed by atoms with E-state index >= 15 is 0 Å². The second-order valence-electron chi connectivity index (χ2n) is 4.56. The molecule has 0 aromatic heterocycles. The maximum atomic E-state index is 5.78. The summed E-state index contributed by atoms with van der Waals surface area (Å²) in [7, 11) is 4.19. The first-order valence-corrected chi connectivity index (χ1v) is 5.52. The van der Waals surface area contributed by atoms with Crippen molar-refractivity contribution in [3.8, 4) is 0 Å². The number of nitrogens with two attached hydrogens (primary N) is 1. The molecule has 0 saturated carbocycles. The van der Waals surface area contributed by atoms with E-state index in [0.717, 1.165) is 19.5 Å². The minimum absolute atomic E-state index is 0.557. The Bertz CT molecular complexity index is 294. The van der Waals surface area contributed by atoms with E-state index < -0.39 is 0 Å². The highest BCUT2D eigenvalue weighted by molar-refractivity contribution is 5.22. The van der Waals surface area contributed by atoms with Crippen LogP contribution >= 0.6 is 0 Å². The molecule has 0 radical (unpaired) electrons. The van der Waals surface area contributed by atoms with Gasteiger partial charge in [0.05, 0.1) is 0 Å². The lowest BCUT2D eigenvalue weighted by molar-refractivity contribution is 0.327. The van der Waals surface area contributed by atoms with Crippen molar-refractivity contribution < 1.29 is 0 Å². The predicted octanol–water partition coefficient (Wildman–Crippen LogP) is 1.67. The molecule has 1 aromatic carbocycles. The molecule has 2 heteroatoms. The zero-order valence-corrected chi connectivity index (χ0v) is 10.0. The third kappa shape index (κ3) is 4.45. The van der Waals surface area contributed by atoms with Crippen molar-refractivity contribution in [3.63, 3.8) is 0 Å². The van der Waals surface area contributed by atoms with E-state index in [4.69, 9.17) is 5.73 Å². The van der Waals surface area contributed by atoms with E-state index in [9.17, 15) is 0 Å². The largest absolute Gasteiger partial charge is 0.330 e. The molecule has 2 nitrogen and oxygen atoms in total. The average molecular weight is 206 g/mol. The summed E-state index contributed by atoms with van der Waals surface area (Å²) in [5.74, 6) is 0.557. The lowest BCUT2D eigenvalue weighted by atomic mass is 9.98. The third-order valence-electron chi connectivity index (χ3n) is 2.56. The van der Waals surface area contributed by atoms with Crippen molar-refractivity contribution >= 4 is 0 Å². The summed E-state index contributed by atoms with van der Waals surface area (Å²) in [5, 5.41) is 0. The molecule has 0 saturated heterocycles. The fourth-order valence-corrected chi connectivity index (χ4v) is 1.91. The summed E-state index contributed by atoms with van der Waals surface area (Å²) in [6.07, 6.45) is 1.08. The highest BCUT2D eigenvalue weighted by atomic mass is 15.1. The number of nitrogens with zero attached hydrogens (tertiary/aromatic N) is 1. The van der Waals surface area contributed by atoms with Gasteiger partial charge in [0.15, 0.2) is 0 Å². The van der Waals surface area contributed by atoms with Gasteiger partial charge in [0.25, 0.3) is 0 Å². The molecule has 0 fully saturated rings. The lowest BCUT2D eigenvalue weighted by Gasteiger charge is -2.19. The number of hydrogen-bond donors (Lipinski definition) is 1. The summed E-state index contributed by atoms with van der Waals surface area (Å²) in [6.45, 7) is 3.95. The van der Waals surface area contributed by atoms with Gasteiger partial charge in [0.1, 0.15) is 0 Å². The van der Waals surface area contributed by atoms with Crippen molar-refractivity contribution in [2.45, 2.75) is 13.3 Å². The molecular weight excluding hydrogens is 184 g/mol. The molecule has 1 unspecified atom stereocenters. The van der Waals surface area contributed by atoms with Gasteiger partial charge in [0.2, 0.25) is 0 Å². The lowest BCUT2D eigenvalue weighted by Crippen LogP contribution is -2.29. The number of rotatable bonds is 5. The summed E-state index contributed by atoms with van der Waals surface area (Å²) in [5.41, 5.74) is 8.50. The van der Waals surface area contributed by atoms with Gasteiger partial charge in [-0.05, 0) is 45.5 Å². The molecule has 0 aliphatic heterocycles. The molecule has 1 atom stereocenters. The second kappa shape index (κ2) is 5.89. The molecule has 0 amide bonds. The fourth-order valence-electron chi connectivity index (χ4n) is 1.91. The smallest absolute Gasteiger partial charge is 0.00188 e.